The minimum absolute atomic E-state index is 0.00752. The van der Waals surface area contributed by atoms with Crippen molar-refractivity contribution in [3.8, 4) is 5.75 Å². The van der Waals surface area contributed by atoms with Crippen LogP contribution in [0.3, 0.4) is 0 Å². The van der Waals surface area contributed by atoms with Crippen LogP contribution in [0, 0.1) is 12.7 Å². The molecular formula is C27H30FN3O6S2. The maximum atomic E-state index is 13.1. The van der Waals surface area contributed by atoms with Gasteiger partial charge in [0.15, 0.2) is 6.61 Å². The summed E-state index contributed by atoms with van der Waals surface area (Å²) < 4.78 is 73.4. The first kappa shape index (κ1) is 28.5. The van der Waals surface area contributed by atoms with Crippen molar-refractivity contribution in [2.75, 3.05) is 24.4 Å². The number of carbonyl (C=O) groups is 1. The standard InChI is InChI=1S/C27H30FN3O6S2/c1-20-17-25(38(33,34)30-23-9-7-22(28)8-10-23)13-14-26(20)37-19-27(32)29-18-21-5-11-24(12-6-21)39(35,36)31-15-3-2-4-16-31/h5-14,17,30H,2-4,15-16,18-19H2,1H3,(H,29,32). The Kier molecular flexibility index (Phi) is 8.88. The summed E-state index contributed by atoms with van der Waals surface area (Å²) in [4.78, 5) is 12.5. The molecule has 3 aromatic rings. The molecule has 1 amide bonds. The van der Waals surface area contributed by atoms with Crippen LogP contribution in [0.15, 0.2) is 76.5 Å². The van der Waals surface area contributed by atoms with Crippen LogP contribution in [0.1, 0.15) is 30.4 Å². The molecule has 0 bridgehead atoms. The molecule has 4 rings (SSSR count). The number of amides is 1. The van der Waals surface area contributed by atoms with Crippen LogP contribution in [0.5, 0.6) is 5.75 Å². The van der Waals surface area contributed by atoms with E-state index >= 15 is 0 Å². The average molecular weight is 576 g/mol. The molecule has 3 aromatic carbocycles. The lowest BCUT2D eigenvalue weighted by Crippen LogP contribution is -2.35. The summed E-state index contributed by atoms with van der Waals surface area (Å²) in [5.74, 6) is -0.525. The highest BCUT2D eigenvalue weighted by Crippen LogP contribution is 2.24. The van der Waals surface area contributed by atoms with Crippen LogP contribution in [-0.4, -0.2) is 46.7 Å². The van der Waals surface area contributed by atoms with Gasteiger partial charge in [-0.1, -0.05) is 18.6 Å². The van der Waals surface area contributed by atoms with Gasteiger partial charge in [-0.25, -0.2) is 21.2 Å². The Bertz CT molecular complexity index is 1520. The number of aryl methyl sites for hydroxylation is 1. The van der Waals surface area contributed by atoms with Gasteiger partial charge >= 0.3 is 0 Å². The van der Waals surface area contributed by atoms with Crippen molar-refractivity contribution in [3.63, 3.8) is 0 Å². The van der Waals surface area contributed by atoms with Crippen LogP contribution < -0.4 is 14.8 Å². The van der Waals surface area contributed by atoms with Gasteiger partial charge in [-0.15, -0.1) is 0 Å². The van der Waals surface area contributed by atoms with Crippen molar-refractivity contribution in [2.24, 2.45) is 0 Å². The van der Waals surface area contributed by atoms with E-state index in [0.29, 0.717) is 24.4 Å². The van der Waals surface area contributed by atoms with Crippen molar-refractivity contribution >= 4 is 31.6 Å². The molecule has 1 aliphatic heterocycles. The molecular weight excluding hydrogens is 545 g/mol. The van der Waals surface area contributed by atoms with E-state index in [1.807, 2.05) is 0 Å². The topological polar surface area (TPSA) is 122 Å². The average Bonchev–Trinajstić information content (AvgIpc) is 2.93. The number of halogens is 1. The second kappa shape index (κ2) is 12.1. The van der Waals surface area contributed by atoms with Crippen molar-refractivity contribution in [1.29, 1.82) is 0 Å². The second-order valence-electron chi connectivity index (χ2n) is 9.21. The molecule has 39 heavy (non-hydrogen) atoms. The Morgan fingerprint density at radius 2 is 1.54 bits per heavy atom. The van der Waals surface area contributed by atoms with Gasteiger partial charge in [0.05, 0.1) is 9.79 Å². The normalized spacial score (nSPS) is 14.5. The fourth-order valence-corrected chi connectivity index (χ4v) is 6.77. The van der Waals surface area contributed by atoms with Gasteiger partial charge in [-0.2, -0.15) is 4.31 Å². The molecule has 12 heteroatoms. The van der Waals surface area contributed by atoms with Gasteiger partial charge in [0.1, 0.15) is 11.6 Å². The zero-order valence-electron chi connectivity index (χ0n) is 21.4. The lowest BCUT2D eigenvalue weighted by Gasteiger charge is -2.25. The smallest absolute Gasteiger partial charge is 0.261 e. The second-order valence-corrected chi connectivity index (χ2v) is 12.8. The largest absolute Gasteiger partial charge is 0.484 e. The first-order chi connectivity index (χ1) is 18.5. The fourth-order valence-electron chi connectivity index (χ4n) is 4.11. The minimum atomic E-state index is -3.90. The van der Waals surface area contributed by atoms with E-state index < -0.39 is 31.8 Å². The summed E-state index contributed by atoms with van der Waals surface area (Å²) in [6.07, 6.45) is 2.77. The molecule has 208 valence electrons. The molecule has 1 aliphatic rings. The van der Waals surface area contributed by atoms with Crippen molar-refractivity contribution < 1.29 is 30.8 Å². The van der Waals surface area contributed by atoms with Crippen LogP contribution in [0.4, 0.5) is 10.1 Å². The van der Waals surface area contributed by atoms with Gasteiger partial charge in [0.2, 0.25) is 10.0 Å². The third-order valence-corrected chi connectivity index (χ3v) is 9.57. The Balaban J connectivity index is 1.28. The Labute approximate surface area is 228 Å². The third kappa shape index (κ3) is 7.34. The van der Waals surface area contributed by atoms with Gasteiger partial charge in [-0.05, 0) is 85.5 Å². The predicted molar refractivity (Wildman–Crippen MR) is 145 cm³/mol. The van der Waals surface area contributed by atoms with Crippen LogP contribution in [0.2, 0.25) is 0 Å². The van der Waals surface area contributed by atoms with Gasteiger partial charge in [0.25, 0.3) is 15.9 Å². The van der Waals surface area contributed by atoms with Gasteiger partial charge < -0.3 is 10.1 Å². The Morgan fingerprint density at radius 1 is 0.897 bits per heavy atom. The Morgan fingerprint density at radius 3 is 2.18 bits per heavy atom. The third-order valence-electron chi connectivity index (χ3n) is 6.28. The van der Waals surface area contributed by atoms with E-state index in [0.717, 1.165) is 37.0 Å². The predicted octanol–water partition coefficient (Wildman–Crippen LogP) is 3.80. The molecule has 9 nitrogen and oxygen atoms in total. The first-order valence-corrected chi connectivity index (χ1v) is 15.3. The quantitative estimate of drug-likeness (QED) is 0.379. The highest BCUT2D eigenvalue weighted by Gasteiger charge is 2.25. The molecule has 0 aliphatic carbocycles. The zero-order chi connectivity index (χ0) is 28.0. The molecule has 0 spiro atoms. The lowest BCUT2D eigenvalue weighted by molar-refractivity contribution is -0.123. The van der Waals surface area contributed by atoms with E-state index in [4.69, 9.17) is 4.74 Å². The molecule has 1 saturated heterocycles. The monoisotopic (exact) mass is 575 g/mol. The van der Waals surface area contributed by atoms with Gasteiger partial charge in [0, 0.05) is 25.3 Å². The Hall–Kier alpha value is -3.48. The number of benzene rings is 3. The number of anilines is 1. The van der Waals surface area contributed by atoms with Crippen molar-refractivity contribution in [3.05, 3.63) is 83.7 Å². The highest BCUT2D eigenvalue weighted by molar-refractivity contribution is 7.92. The van der Waals surface area contributed by atoms with Crippen LogP contribution in [0.25, 0.3) is 0 Å². The summed E-state index contributed by atoms with van der Waals surface area (Å²) >= 11 is 0. The molecule has 1 heterocycles. The van der Waals surface area contributed by atoms with Gasteiger partial charge in [-0.3, -0.25) is 9.52 Å². The number of nitrogens with one attached hydrogen (secondary N) is 2. The number of hydrogen-bond donors (Lipinski definition) is 2. The highest BCUT2D eigenvalue weighted by atomic mass is 32.2. The molecule has 1 fully saturated rings. The number of piperidine rings is 1. The minimum Gasteiger partial charge on any atom is -0.484 e. The summed E-state index contributed by atoms with van der Waals surface area (Å²) in [6.45, 7) is 2.62. The SMILES string of the molecule is Cc1cc(S(=O)(=O)Nc2ccc(F)cc2)ccc1OCC(=O)NCc1ccc(S(=O)(=O)N2CCCCC2)cc1. The van der Waals surface area contributed by atoms with E-state index in [1.165, 1.54) is 34.6 Å². The van der Waals surface area contributed by atoms with Crippen molar-refractivity contribution in [1.82, 2.24) is 9.62 Å². The molecule has 0 unspecified atom stereocenters. The number of ether oxygens (including phenoxy) is 1. The maximum absolute atomic E-state index is 13.1. The van der Waals surface area contributed by atoms with Crippen molar-refractivity contribution in [2.45, 2.75) is 42.5 Å². The molecule has 0 atom stereocenters. The number of carbonyl (C=O) groups excluding carboxylic acids is 1. The number of hydrogen-bond acceptors (Lipinski definition) is 6. The summed E-state index contributed by atoms with van der Waals surface area (Å²) in [7, 11) is -7.42. The summed E-state index contributed by atoms with van der Waals surface area (Å²) in [5.41, 5.74) is 1.47. The van der Waals surface area contributed by atoms with E-state index in [9.17, 15) is 26.0 Å². The summed E-state index contributed by atoms with van der Waals surface area (Å²) in [6, 6.07) is 15.6. The molecule has 2 N–H and O–H groups in total. The summed E-state index contributed by atoms with van der Waals surface area (Å²) in [5, 5.41) is 2.72. The zero-order valence-corrected chi connectivity index (χ0v) is 23.0. The van der Waals surface area contributed by atoms with E-state index in [2.05, 4.69) is 10.0 Å². The number of sulfonamides is 2. The number of rotatable bonds is 10. The van der Waals surface area contributed by atoms with E-state index in [1.54, 1.807) is 31.2 Å². The fraction of sp³-hybridized carbons (Fsp3) is 0.296. The number of nitrogens with zero attached hydrogens (tertiary/aromatic N) is 1. The molecule has 0 radical (unpaired) electrons. The first-order valence-electron chi connectivity index (χ1n) is 12.4. The van der Waals surface area contributed by atoms with Crippen LogP contribution >= 0.6 is 0 Å². The van der Waals surface area contributed by atoms with Crippen LogP contribution in [-0.2, 0) is 31.4 Å². The molecule has 0 aromatic heterocycles. The maximum Gasteiger partial charge on any atom is 0.261 e. The van der Waals surface area contributed by atoms with E-state index in [-0.39, 0.29) is 28.6 Å². The molecule has 0 saturated carbocycles. The lowest BCUT2D eigenvalue weighted by atomic mass is 10.2.